The van der Waals surface area contributed by atoms with Crippen molar-refractivity contribution in [3.05, 3.63) is 49.6 Å². The molecule has 3 saturated heterocycles. The number of carbonyl (C=O) groups is 3. The van der Waals surface area contributed by atoms with E-state index in [2.05, 4.69) is 31.9 Å². The number of anilines is 2. The van der Waals surface area contributed by atoms with Gasteiger partial charge in [-0.05, 0) is 77.1 Å². The Morgan fingerprint density at radius 2 is 1.67 bits per heavy atom. The Bertz CT molecular complexity index is 1170. The highest BCUT2D eigenvalue weighted by Crippen LogP contribution is 2.63. The van der Waals surface area contributed by atoms with Gasteiger partial charge in [-0.2, -0.15) is 0 Å². The minimum absolute atomic E-state index is 0.0765. The summed E-state index contributed by atoms with van der Waals surface area (Å²) < 4.78 is 6.78. The molecule has 42 heavy (non-hydrogen) atoms. The maximum Gasteiger partial charge on any atom is 0.253 e. The maximum absolute atomic E-state index is 14.7. The van der Waals surface area contributed by atoms with Crippen molar-refractivity contribution >= 4 is 29.1 Å². The summed E-state index contributed by atoms with van der Waals surface area (Å²) in [6.45, 7) is 16.6. The Labute approximate surface area is 250 Å². The molecule has 1 spiro atoms. The van der Waals surface area contributed by atoms with Crippen molar-refractivity contribution in [2.75, 3.05) is 56.2 Å². The highest BCUT2D eigenvalue weighted by molar-refractivity contribution is 6.05. The fraction of sp³-hybridized carbons (Fsp3) is 0.606. The molecule has 230 valence electrons. The van der Waals surface area contributed by atoms with Gasteiger partial charge in [0.2, 0.25) is 11.8 Å². The zero-order valence-electron chi connectivity index (χ0n) is 25.8. The molecular formula is C33H48N4O5. The number of hydrogen-bond acceptors (Lipinski definition) is 6. The molecule has 5 atom stereocenters. The topological polar surface area (TPSA) is 93.6 Å². The molecule has 3 aliphatic heterocycles. The number of carbonyl (C=O) groups excluding carboxylic acids is 3. The molecule has 3 aliphatic rings. The lowest BCUT2D eigenvalue weighted by molar-refractivity contribution is -0.149. The molecule has 0 radical (unpaired) electrons. The molecule has 2 bridgehead atoms. The van der Waals surface area contributed by atoms with E-state index in [-0.39, 0.29) is 30.9 Å². The molecule has 3 fully saturated rings. The average molecular weight is 581 g/mol. The van der Waals surface area contributed by atoms with Crippen molar-refractivity contribution in [2.45, 2.75) is 70.1 Å². The monoisotopic (exact) mass is 580 g/mol. The smallest absolute Gasteiger partial charge is 0.253 e. The van der Waals surface area contributed by atoms with Crippen molar-refractivity contribution in [1.29, 1.82) is 0 Å². The van der Waals surface area contributed by atoms with Gasteiger partial charge in [-0.15, -0.1) is 13.2 Å². The van der Waals surface area contributed by atoms with Crippen molar-refractivity contribution in [3.8, 4) is 0 Å². The van der Waals surface area contributed by atoms with Crippen LogP contribution in [0.25, 0.3) is 0 Å². The van der Waals surface area contributed by atoms with Gasteiger partial charge in [0.05, 0.1) is 17.4 Å². The normalized spacial score (nSPS) is 27.6. The second-order valence-electron chi connectivity index (χ2n) is 12.0. The Morgan fingerprint density at radius 3 is 2.26 bits per heavy atom. The van der Waals surface area contributed by atoms with Crippen LogP contribution in [0.4, 0.5) is 11.4 Å². The molecule has 0 saturated carbocycles. The maximum atomic E-state index is 14.7. The van der Waals surface area contributed by atoms with E-state index >= 15 is 0 Å². The zero-order valence-corrected chi connectivity index (χ0v) is 25.8. The Morgan fingerprint density at radius 1 is 1.02 bits per heavy atom. The predicted octanol–water partition coefficient (Wildman–Crippen LogP) is 3.62. The van der Waals surface area contributed by atoms with Gasteiger partial charge in [0.1, 0.15) is 11.6 Å². The van der Waals surface area contributed by atoms with Crippen molar-refractivity contribution in [1.82, 2.24) is 9.80 Å². The van der Waals surface area contributed by atoms with Crippen molar-refractivity contribution in [2.24, 2.45) is 11.8 Å². The quantitative estimate of drug-likeness (QED) is 0.252. The van der Waals surface area contributed by atoms with Crippen LogP contribution in [-0.4, -0.2) is 96.3 Å². The van der Waals surface area contributed by atoms with Crippen molar-refractivity contribution < 1.29 is 24.2 Å². The third kappa shape index (κ3) is 5.37. The summed E-state index contributed by atoms with van der Waals surface area (Å²) in [5.74, 6) is -1.98. The van der Waals surface area contributed by atoms with Crippen LogP contribution in [0.15, 0.2) is 49.6 Å². The molecular weight excluding hydrogens is 532 g/mol. The van der Waals surface area contributed by atoms with Crippen LogP contribution in [0.1, 0.15) is 52.9 Å². The summed E-state index contributed by atoms with van der Waals surface area (Å²) >= 11 is 0. The van der Waals surface area contributed by atoms with E-state index < -0.39 is 29.1 Å². The number of aliphatic hydroxyl groups excluding tert-OH is 1. The number of ether oxygens (including phenoxy) is 1. The highest BCUT2D eigenvalue weighted by Gasteiger charge is 2.78. The first kappa shape index (κ1) is 31.8. The van der Waals surface area contributed by atoms with Crippen LogP contribution in [0.2, 0.25) is 0 Å². The molecule has 3 heterocycles. The van der Waals surface area contributed by atoms with E-state index in [0.717, 1.165) is 30.9 Å². The fourth-order valence-corrected chi connectivity index (χ4v) is 7.44. The number of hydrogen-bond donors (Lipinski definition) is 1. The average Bonchev–Trinajstić information content (AvgIpc) is 3.55. The first-order chi connectivity index (χ1) is 20.1. The van der Waals surface area contributed by atoms with Crippen LogP contribution < -0.4 is 9.80 Å². The van der Waals surface area contributed by atoms with Gasteiger partial charge >= 0.3 is 0 Å². The Balaban J connectivity index is 1.74. The number of rotatable bonds is 15. The van der Waals surface area contributed by atoms with E-state index in [1.807, 2.05) is 31.2 Å². The molecule has 1 N–H and O–H groups in total. The summed E-state index contributed by atoms with van der Waals surface area (Å²) in [7, 11) is 1.72. The molecule has 9 nitrogen and oxygen atoms in total. The van der Waals surface area contributed by atoms with E-state index in [0.29, 0.717) is 38.8 Å². The predicted molar refractivity (Wildman–Crippen MR) is 165 cm³/mol. The van der Waals surface area contributed by atoms with Gasteiger partial charge in [-0.25, -0.2) is 0 Å². The van der Waals surface area contributed by atoms with Crippen LogP contribution in [0, 0.1) is 11.8 Å². The zero-order chi connectivity index (χ0) is 30.7. The largest absolute Gasteiger partial charge is 0.396 e. The molecule has 1 aromatic carbocycles. The highest BCUT2D eigenvalue weighted by atomic mass is 16.5. The second kappa shape index (κ2) is 13.0. The third-order valence-corrected chi connectivity index (χ3v) is 9.48. The van der Waals surface area contributed by atoms with Gasteiger partial charge < -0.3 is 29.4 Å². The SMILES string of the molecule is C=CCN(C)C(=O)[C@H]1[C@H]2C(=O)N(CCCCCO)C(C(=O)N(CC=C)c3ccc(N(CC)CC)cc3)C23CC[C@]1(C)O3. The van der Waals surface area contributed by atoms with Crippen LogP contribution >= 0.6 is 0 Å². The van der Waals surface area contributed by atoms with Gasteiger partial charge in [-0.1, -0.05) is 12.2 Å². The lowest BCUT2D eigenvalue weighted by atomic mass is 9.66. The molecule has 1 aromatic rings. The third-order valence-electron chi connectivity index (χ3n) is 9.48. The number of nitrogens with zero attached hydrogens (tertiary/aromatic N) is 4. The lowest BCUT2D eigenvalue weighted by Crippen LogP contribution is -2.56. The molecule has 2 unspecified atom stereocenters. The molecule has 0 aliphatic carbocycles. The Kier molecular flexibility index (Phi) is 9.83. The minimum atomic E-state index is -1.09. The molecule has 4 rings (SSSR count). The van der Waals surface area contributed by atoms with Gasteiger partial charge in [-0.3, -0.25) is 14.4 Å². The fourth-order valence-electron chi connectivity index (χ4n) is 7.44. The number of likely N-dealkylation sites (tertiary alicyclic amines) is 1. The summed E-state index contributed by atoms with van der Waals surface area (Å²) in [6.07, 6.45) is 6.48. The Hall–Kier alpha value is -3.17. The number of likely N-dealkylation sites (N-methyl/N-ethyl adjacent to an activating group) is 1. The number of benzene rings is 1. The van der Waals surface area contributed by atoms with Crippen molar-refractivity contribution in [3.63, 3.8) is 0 Å². The van der Waals surface area contributed by atoms with Gasteiger partial charge in [0, 0.05) is 57.8 Å². The molecule has 0 aromatic heterocycles. The molecule has 9 heteroatoms. The number of aliphatic hydroxyl groups is 1. The van der Waals surface area contributed by atoms with E-state index in [9.17, 15) is 19.5 Å². The standard InChI is InChI=1S/C33H48N4O5/c1-7-20-34(6)29(39)26-27-30(40)37(22-12-11-13-23-38)28(33(27)19-18-32(26,5)42-33)31(41)36(21-8-2)25-16-14-24(15-17-25)35(9-3)10-4/h7-8,14-17,26-28,38H,1-2,9-13,18-23H2,3-6H3/t26-,27+,28?,32+,33?/m1/s1. The lowest BCUT2D eigenvalue weighted by Gasteiger charge is -2.37. The van der Waals surface area contributed by atoms with E-state index in [1.54, 1.807) is 33.9 Å². The number of fused-ring (bicyclic) bond motifs is 1. The number of unbranched alkanes of at least 4 members (excludes halogenated alkanes) is 2. The molecule has 3 amide bonds. The van der Waals surface area contributed by atoms with Gasteiger partial charge in [0.25, 0.3) is 5.91 Å². The van der Waals surface area contributed by atoms with Crippen LogP contribution in [0.3, 0.4) is 0 Å². The summed E-state index contributed by atoms with van der Waals surface area (Å²) in [5, 5.41) is 9.31. The minimum Gasteiger partial charge on any atom is -0.396 e. The first-order valence-electron chi connectivity index (χ1n) is 15.4. The number of amides is 3. The van der Waals surface area contributed by atoms with Gasteiger partial charge in [0.15, 0.2) is 0 Å². The second-order valence-corrected chi connectivity index (χ2v) is 12.0. The summed E-state index contributed by atoms with van der Waals surface area (Å²) in [6, 6.07) is 7.05. The van der Waals surface area contributed by atoms with Crippen LogP contribution in [-0.2, 0) is 19.1 Å². The van der Waals surface area contributed by atoms with E-state index in [1.165, 1.54) is 0 Å². The summed E-state index contributed by atoms with van der Waals surface area (Å²) in [5.41, 5.74) is -0.121. The first-order valence-corrected chi connectivity index (χ1v) is 15.4. The van der Waals surface area contributed by atoms with E-state index in [4.69, 9.17) is 4.74 Å². The summed E-state index contributed by atoms with van der Waals surface area (Å²) in [4.78, 5) is 50.0. The van der Waals surface area contributed by atoms with Crippen LogP contribution in [0.5, 0.6) is 0 Å².